The van der Waals surface area contributed by atoms with E-state index in [2.05, 4.69) is 43.5 Å². The Morgan fingerprint density at radius 3 is 2.41 bits per heavy atom. The molecule has 1 aliphatic heterocycles. The molecule has 2 aromatic carbocycles. The number of hydrogen-bond donors (Lipinski definition) is 0. The van der Waals surface area contributed by atoms with Gasteiger partial charge in [0, 0.05) is 18.0 Å². The first-order chi connectivity index (χ1) is 15.6. The summed E-state index contributed by atoms with van der Waals surface area (Å²) in [7, 11) is 0. The molecular formula is C27H28N4O. The fraction of sp³-hybridized carbons (Fsp3) is 0.259. The molecule has 0 radical (unpaired) electrons. The predicted octanol–water partition coefficient (Wildman–Crippen LogP) is 5.32. The molecular weight excluding hydrogens is 396 g/mol. The van der Waals surface area contributed by atoms with Crippen molar-refractivity contribution in [1.82, 2.24) is 19.2 Å². The Morgan fingerprint density at radius 1 is 0.969 bits per heavy atom. The summed E-state index contributed by atoms with van der Waals surface area (Å²) in [5.41, 5.74) is 6.72. The van der Waals surface area contributed by atoms with E-state index in [-0.39, 0.29) is 11.8 Å². The van der Waals surface area contributed by atoms with Gasteiger partial charge in [-0.25, -0.2) is 4.68 Å². The lowest BCUT2D eigenvalue weighted by molar-refractivity contribution is -0.133. The van der Waals surface area contributed by atoms with Crippen LogP contribution >= 0.6 is 0 Å². The molecule has 0 spiro atoms. The summed E-state index contributed by atoms with van der Waals surface area (Å²) in [5, 5.41) is 4.98. The van der Waals surface area contributed by atoms with Crippen molar-refractivity contribution in [3.8, 4) is 11.5 Å². The number of hydrogen-bond acceptors (Lipinski definition) is 2. The Bertz CT molecular complexity index is 1250. The van der Waals surface area contributed by atoms with Crippen molar-refractivity contribution in [2.45, 2.75) is 46.2 Å². The number of carbonyl (C=O) groups excluding carboxylic acids is 1. The van der Waals surface area contributed by atoms with Crippen LogP contribution in [0.2, 0.25) is 0 Å². The summed E-state index contributed by atoms with van der Waals surface area (Å²) in [6.07, 6.45) is 4.86. The predicted molar refractivity (Wildman–Crippen MR) is 126 cm³/mol. The van der Waals surface area contributed by atoms with E-state index in [0.717, 1.165) is 34.7 Å². The fourth-order valence-corrected chi connectivity index (χ4v) is 4.59. The van der Waals surface area contributed by atoms with Gasteiger partial charge in [-0.1, -0.05) is 43.3 Å². The molecule has 162 valence electrons. The molecule has 0 saturated heterocycles. The number of rotatable bonds is 5. The van der Waals surface area contributed by atoms with Crippen LogP contribution in [0, 0.1) is 13.8 Å². The van der Waals surface area contributed by atoms with E-state index in [0.29, 0.717) is 13.1 Å². The van der Waals surface area contributed by atoms with Crippen molar-refractivity contribution in [2.75, 3.05) is 0 Å². The van der Waals surface area contributed by atoms with Crippen molar-refractivity contribution in [2.24, 2.45) is 0 Å². The van der Waals surface area contributed by atoms with Crippen LogP contribution in [0.1, 0.15) is 47.2 Å². The van der Waals surface area contributed by atoms with Gasteiger partial charge in [0.1, 0.15) is 5.82 Å². The van der Waals surface area contributed by atoms with Gasteiger partial charge in [-0.05, 0) is 61.2 Å². The summed E-state index contributed by atoms with van der Waals surface area (Å²) < 4.78 is 4.12. The zero-order valence-corrected chi connectivity index (χ0v) is 18.8. The molecule has 1 unspecified atom stereocenters. The molecule has 5 rings (SSSR count). The summed E-state index contributed by atoms with van der Waals surface area (Å²) >= 11 is 0. The molecule has 4 aromatic rings. The monoisotopic (exact) mass is 424 g/mol. The molecule has 0 bridgehead atoms. The Hall–Kier alpha value is -3.60. The summed E-state index contributed by atoms with van der Waals surface area (Å²) in [6, 6.07) is 20.6. The van der Waals surface area contributed by atoms with Crippen LogP contribution in [0.15, 0.2) is 73.1 Å². The van der Waals surface area contributed by atoms with Crippen LogP contribution in [-0.4, -0.2) is 25.2 Å². The van der Waals surface area contributed by atoms with Crippen molar-refractivity contribution < 1.29 is 4.79 Å². The van der Waals surface area contributed by atoms with Gasteiger partial charge in [-0.2, -0.15) is 5.10 Å². The van der Waals surface area contributed by atoms with Gasteiger partial charge in [-0.3, -0.25) is 4.79 Å². The van der Waals surface area contributed by atoms with E-state index in [1.807, 2.05) is 64.4 Å². The summed E-state index contributed by atoms with van der Waals surface area (Å²) in [6.45, 7) is 7.45. The average Bonchev–Trinajstić information content (AvgIpc) is 3.53. The Balaban J connectivity index is 1.51. The first-order valence-corrected chi connectivity index (χ1v) is 11.2. The third kappa shape index (κ3) is 3.44. The first kappa shape index (κ1) is 20.3. The quantitative estimate of drug-likeness (QED) is 0.435. The van der Waals surface area contributed by atoms with Crippen LogP contribution < -0.4 is 0 Å². The molecule has 1 amide bonds. The Labute approximate surface area is 188 Å². The highest BCUT2D eigenvalue weighted by molar-refractivity contribution is 5.84. The molecule has 5 nitrogen and oxygen atoms in total. The van der Waals surface area contributed by atoms with Crippen LogP contribution in [0.25, 0.3) is 11.5 Å². The van der Waals surface area contributed by atoms with Crippen molar-refractivity contribution in [3.63, 3.8) is 0 Å². The lowest BCUT2D eigenvalue weighted by atomic mass is 9.95. The topological polar surface area (TPSA) is 43.1 Å². The molecule has 32 heavy (non-hydrogen) atoms. The number of benzene rings is 2. The van der Waals surface area contributed by atoms with Gasteiger partial charge in [0.05, 0.1) is 30.4 Å². The fourth-order valence-electron chi connectivity index (χ4n) is 4.59. The second-order valence-corrected chi connectivity index (χ2v) is 8.59. The minimum atomic E-state index is -0.123. The largest absolute Gasteiger partial charge is 0.332 e. The highest BCUT2D eigenvalue weighted by Gasteiger charge is 2.34. The lowest BCUT2D eigenvalue weighted by Gasteiger charge is -2.23. The maximum Gasteiger partial charge on any atom is 0.230 e. The zero-order valence-electron chi connectivity index (χ0n) is 18.8. The third-order valence-electron chi connectivity index (χ3n) is 6.53. The second kappa shape index (κ2) is 8.15. The van der Waals surface area contributed by atoms with Gasteiger partial charge in [-0.15, -0.1) is 0 Å². The third-order valence-corrected chi connectivity index (χ3v) is 6.53. The van der Waals surface area contributed by atoms with Crippen LogP contribution in [0.4, 0.5) is 0 Å². The first-order valence-electron chi connectivity index (χ1n) is 11.2. The maximum absolute atomic E-state index is 13.5. The van der Waals surface area contributed by atoms with Gasteiger partial charge in [0.2, 0.25) is 5.91 Å². The van der Waals surface area contributed by atoms with Gasteiger partial charge >= 0.3 is 0 Å². The molecule has 3 heterocycles. The number of carbonyl (C=O) groups is 1. The molecule has 0 N–H and O–H groups in total. The highest BCUT2D eigenvalue weighted by atomic mass is 16.2. The van der Waals surface area contributed by atoms with Crippen LogP contribution in [0.5, 0.6) is 0 Å². The molecule has 0 saturated carbocycles. The average molecular weight is 425 g/mol. The number of nitrogens with zero attached hydrogens (tertiary/aromatic N) is 4. The lowest BCUT2D eigenvalue weighted by Crippen LogP contribution is -2.31. The second-order valence-electron chi connectivity index (χ2n) is 8.59. The van der Waals surface area contributed by atoms with E-state index in [4.69, 9.17) is 5.10 Å². The maximum atomic E-state index is 13.5. The number of aryl methyl sites for hydroxylation is 2. The normalized spacial score (nSPS) is 13.9. The molecule has 5 heteroatoms. The SMILES string of the molecule is CCC(C(=O)N1Cc2nn(-c3ccc(C)c(C)c3)c(-n3cccc3)c2C1)c1ccccc1. The molecule has 0 aliphatic carbocycles. The Kier molecular flexibility index (Phi) is 5.17. The van der Waals surface area contributed by atoms with Crippen molar-refractivity contribution in [1.29, 1.82) is 0 Å². The number of amides is 1. The summed E-state index contributed by atoms with van der Waals surface area (Å²) in [4.78, 5) is 15.4. The van der Waals surface area contributed by atoms with E-state index < -0.39 is 0 Å². The highest BCUT2D eigenvalue weighted by Crippen LogP contribution is 2.33. The molecule has 0 fully saturated rings. The standard InChI is InChI=1S/C27H28N4O/c1-4-23(21-10-6-5-7-11-21)27(32)30-17-24-25(18-30)28-31(26(24)29-14-8-9-15-29)22-13-12-19(2)20(3)16-22/h5-16,23H,4,17-18H2,1-3H3. The minimum absolute atomic E-state index is 0.123. The smallest absolute Gasteiger partial charge is 0.230 e. The van der Waals surface area contributed by atoms with Crippen molar-refractivity contribution in [3.05, 3.63) is 101 Å². The van der Waals surface area contributed by atoms with Gasteiger partial charge in [0.25, 0.3) is 0 Å². The zero-order chi connectivity index (χ0) is 22.2. The molecule has 2 aromatic heterocycles. The van der Waals surface area contributed by atoms with Gasteiger partial charge in [0.15, 0.2) is 0 Å². The van der Waals surface area contributed by atoms with E-state index in [1.54, 1.807) is 0 Å². The molecule has 1 atom stereocenters. The van der Waals surface area contributed by atoms with Crippen LogP contribution in [-0.2, 0) is 17.9 Å². The van der Waals surface area contributed by atoms with Crippen molar-refractivity contribution >= 4 is 5.91 Å². The van der Waals surface area contributed by atoms with E-state index in [1.165, 1.54) is 11.1 Å². The van der Waals surface area contributed by atoms with E-state index in [9.17, 15) is 4.79 Å². The molecule has 1 aliphatic rings. The summed E-state index contributed by atoms with van der Waals surface area (Å²) in [5.74, 6) is 1.06. The number of fused-ring (bicyclic) bond motifs is 1. The van der Waals surface area contributed by atoms with E-state index >= 15 is 0 Å². The van der Waals surface area contributed by atoms with Crippen LogP contribution in [0.3, 0.4) is 0 Å². The number of aromatic nitrogens is 3. The van der Waals surface area contributed by atoms with Gasteiger partial charge < -0.3 is 9.47 Å². The minimum Gasteiger partial charge on any atom is -0.332 e. The Morgan fingerprint density at radius 2 is 1.72 bits per heavy atom.